The first-order valence-electron chi connectivity index (χ1n) is 5.00. The zero-order chi connectivity index (χ0) is 9.14. The van der Waals surface area contributed by atoms with E-state index in [0.717, 1.165) is 17.2 Å². The van der Waals surface area contributed by atoms with Crippen LogP contribution in [-0.2, 0) is 0 Å². The van der Waals surface area contributed by atoms with E-state index < -0.39 is 0 Å². The lowest BCUT2D eigenvalue weighted by Gasteiger charge is -2.39. The van der Waals surface area contributed by atoms with Crippen molar-refractivity contribution in [2.24, 2.45) is 11.8 Å². The van der Waals surface area contributed by atoms with E-state index in [2.05, 4.69) is 44.4 Å². The molecule has 1 aliphatic heterocycles. The number of nitrogens with zero attached hydrogens (tertiary/aromatic N) is 1. The zero-order valence-electron chi connectivity index (χ0n) is 8.71. The lowest BCUT2D eigenvalue weighted by molar-refractivity contribution is 0.197. The van der Waals surface area contributed by atoms with E-state index in [1.165, 1.54) is 18.8 Å². The van der Waals surface area contributed by atoms with Gasteiger partial charge in [0.2, 0.25) is 0 Å². The summed E-state index contributed by atoms with van der Waals surface area (Å²) in [6.07, 6.45) is 0. The number of thioether (sulfide) groups is 1. The van der Waals surface area contributed by atoms with Gasteiger partial charge in [0.15, 0.2) is 0 Å². The molecular weight excluding hydrogens is 166 g/mol. The molecule has 2 unspecified atom stereocenters. The van der Waals surface area contributed by atoms with Crippen molar-refractivity contribution < 1.29 is 0 Å². The molecule has 0 spiro atoms. The Balaban J connectivity index is 2.50. The first kappa shape index (κ1) is 10.4. The van der Waals surface area contributed by atoms with Gasteiger partial charge >= 0.3 is 0 Å². The lowest BCUT2D eigenvalue weighted by atomic mass is 10.1. The second kappa shape index (κ2) is 4.52. The van der Waals surface area contributed by atoms with Crippen LogP contribution in [0.25, 0.3) is 0 Å². The van der Waals surface area contributed by atoms with E-state index in [4.69, 9.17) is 0 Å². The smallest absolute Gasteiger partial charge is 0.0580 e. The molecule has 1 rings (SSSR count). The van der Waals surface area contributed by atoms with Gasteiger partial charge in [0, 0.05) is 6.54 Å². The predicted octanol–water partition coefficient (Wildman–Crippen LogP) is 2.67. The Labute approximate surface area is 80.9 Å². The fraction of sp³-hybridized carbons (Fsp3) is 1.00. The van der Waals surface area contributed by atoms with Gasteiger partial charge in [-0.25, -0.2) is 0 Å². The molecule has 0 aromatic carbocycles. The molecule has 1 nitrogen and oxygen atoms in total. The molecule has 1 fully saturated rings. The molecule has 0 amide bonds. The molecule has 1 saturated heterocycles. The first-order chi connectivity index (χ1) is 5.65. The van der Waals surface area contributed by atoms with Crippen molar-refractivity contribution in [3.63, 3.8) is 0 Å². The minimum Gasteiger partial charge on any atom is -0.291 e. The molecular formula is C10H21NS. The summed E-state index contributed by atoms with van der Waals surface area (Å²) >= 11 is 2.14. The summed E-state index contributed by atoms with van der Waals surface area (Å²) in [5.74, 6) is 3.02. The summed E-state index contributed by atoms with van der Waals surface area (Å²) in [6, 6.07) is 0. The predicted molar refractivity (Wildman–Crippen MR) is 57.5 cm³/mol. The summed E-state index contributed by atoms with van der Waals surface area (Å²) in [7, 11) is 0. The van der Waals surface area contributed by atoms with Gasteiger partial charge in [-0.2, -0.15) is 0 Å². The largest absolute Gasteiger partial charge is 0.291 e. The summed E-state index contributed by atoms with van der Waals surface area (Å²) in [6.45, 7) is 11.8. The van der Waals surface area contributed by atoms with Crippen LogP contribution in [0.2, 0.25) is 0 Å². The SMILES string of the molecule is CCN1CC(C)CSC1C(C)C. The lowest BCUT2D eigenvalue weighted by Crippen LogP contribution is -2.43. The van der Waals surface area contributed by atoms with Crippen LogP contribution in [0.3, 0.4) is 0 Å². The highest BCUT2D eigenvalue weighted by molar-refractivity contribution is 7.99. The third-order valence-corrected chi connectivity index (χ3v) is 4.38. The van der Waals surface area contributed by atoms with E-state index in [9.17, 15) is 0 Å². The van der Waals surface area contributed by atoms with Crippen molar-refractivity contribution in [1.29, 1.82) is 0 Å². The van der Waals surface area contributed by atoms with E-state index in [1.54, 1.807) is 0 Å². The van der Waals surface area contributed by atoms with Crippen LogP contribution >= 0.6 is 11.8 Å². The molecule has 1 heterocycles. The highest BCUT2D eigenvalue weighted by Crippen LogP contribution is 2.30. The van der Waals surface area contributed by atoms with E-state index in [-0.39, 0.29) is 0 Å². The maximum Gasteiger partial charge on any atom is 0.0580 e. The third-order valence-electron chi connectivity index (χ3n) is 2.43. The van der Waals surface area contributed by atoms with E-state index in [0.29, 0.717) is 0 Å². The molecule has 1 aliphatic rings. The Kier molecular flexibility index (Phi) is 3.91. The quantitative estimate of drug-likeness (QED) is 0.654. The maximum atomic E-state index is 2.61. The van der Waals surface area contributed by atoms with Gasteiger partial charge in [-0.1, -0.05) is 27.7 Å². The average Bonchev–Trinajstić information content (AvgIpc) is 2.03. The molecule has 0 saturated carbocycles. The van der Waals surface area contributed by atoms with Crippen LogP contribution in [0.4, 0.5) is 0 Å². The molecule has 12 heavy (non-hydrogen) atoms. The molecule has 2 heteroatoms. The average molecular weight is 187 g/mol. The molecule has 0 aliphatic carbocycles. The van der Waals surface area contributed by atoms with Crippen LogP contribution in [-0.4, -0.2) is 29.1 Å². The molecule has 0 N–H and O–H groups in total. The highest BCUT2D eigenvalue weighted by Gasteiger charge is 2.27. The Bertz CT molecular complexity index is 136. The Morgan fingerprint density at radius 1 is 1.50 bits per heavy atom. The molecule has 2 atom stereocenters. The van der Waals surface area contributed by atoms with Crippen LogP contribution < -0.4 is 0 Å². The molecule has 0 aromatic heterocycles. The van der Waals surface area contributed by atoms with Crippen molar-refractivity contribution in [1.82, 2.24) is 4.90 Å². The fourth-order valence-electron chi connectivity index (χ4n) is 1.85. The van der Waals surface area contributed by atoms with Gasteiger partial charge < -0.3 is 0 Å². The normalized spacial score (nSPS) is 32.8. The Hall–Kier alpha value is 0.310. The minimum atomic E-state index is 0.770. The first-order valence-corrected chi connectivity index (χ1v) is 6.05. The van der Waals surface area contributed by atoms with E-state index >= 15 is 0 Å². The van der Waals surface area contributed by atoms with Crippen molar-refractivity contribution in [3.05, 3.63) is 0 Å². The molecule has 0 radical (unpaired) electrons. The van der Waals surface area contributed by atoms with Crippen LogP contribution in [0.1, 0.15) is 27.7 Å². The van der Waals surface area contributed by atoms with Gasteiger partial charge in [0.25, 0.3) is 0 Å². The zero-order valence-corrected chi connectivity index (χ0v) is 9.53. The van der Waals surface area contributed by atoms with Crippen molar-refractivity contribution in [3.8, 4) is 0 Å². The standard InChI is InChI=1S/C10H21NS/c1-5-11-6-9(4)7-12-10(11)8(2)3/h8-10H,5-7H2,1-4H3. The number of hydrogen-bond acceptors (Lipinski definition) is 2. The third kappa shape index (κ3) is 2.40. The van der Waals surface area contributed by atoms with E-state index in [1.807, 2.05) is 0 Å². The minimum absolute atomic E-state index is 0.770. The monoisotopic (exact) mass is 187 g/mol. The van der Waals surface area contributed by atoms with Crippen molar-refractivity contribution >= 4 is 11.8 Å². The second-order valence-corrected chi connectivity index (χ2v) is 5.31. The Morgan fingerprint density at radius 2 is 2.17 bits per heavy atom. The fourth-order valence-corrected chi connectivity index (χ4v) is 3.31. The van der Waals surface area contributed by atoms with Gasteiger partial charge in [-0.3, -0.25) is 4.90 Å². The highest BCUT2D eigenvalue weighted by atomic mass is 32.2. The van der Waals surface area contributed by atoms with Gasteiger partial charge in [0.05, 0.1) is 5.37 Å². The van der Waals surface area contributed by atoms with Gasteiger partial charge in [-0.05, 0) is 24.1 Å². The molecule has 72 valence electrons. The molecule has 0 bridgehead atoms. The number of hydrogen-bond donors (Lipinski definition) is 0. The summed E-state index contributed by atoms with van der Waals surface area (Å²) in [4.78, 5) is 2.61. The molecule has 0 aromatic rings. The maximum absolute atomic E-state index is 2.61. The van der Waals surface area contributed by atoms with Crippen LogP contribution in [0, 0.1) is 11.8 Å². The topological polar surface area (TPSA) is 3.24 Å². The Morgan fingerprint density at radius 3 is 2.67 bits per heavy atom. The van der Waals surface area contributed by atoms with Crippen LogP contribution in [0.5, 0.6) is 0 Å². The van der Waals surface area contributed by atoms with Gasteiger partial charge in [0.1, 0.15) is 0 Å². The summed E-state index contributed by atoms with van der Waals surface area (Å²) in [5.41, 5.74) is 0. The summed E-state index contributed by atoms with van der Waals surface area (Å²) < 4.78 is 0. The summed E-state index contributed by atoms with van der Waals surface area (Å²) in [5, 5.41) is 0.770. The second-order valence-electron chi connectivity index (χ2n) is 4.16. The van der Waals surface area contributed by atoms with Crippen LogP contribution in [0.15, 0.2) is 0 Å². The van der Waals surface area contributed by atoms with Crippen molar-refractivity contribution in [2.75, 3.05) is 18.8 Å². The van der Waals surface area contributed by atoms with Gasteiger partial charge in [-0.15, -0.1) is 11.8 Å². The number of rotatable bonds is 2. The van der Waals surface area contributed by atoms with Crippen molar-refractivity contribution in [2.45, 2.75) is 33.1 Å².